The molecular weight excluding hydrogens is 378 g/mol. The van der Waals surface area contributed by atoms with Gasteiger partial charge in [0.15, 0.2) is 0 Å². The Balaban J connectivity index is 1.76. The van der Waals surface area contributed by atoms with Crippen molar-refractivity contribution in [1.82, 2.24) is 14.5 Å². The zero-order chi connectivity index (χ0) is 19.8. The van der Waals surface area contributed by atoms with Crippen LogP contribution in [0.25, 0.3) is 0 Å². The van der Waals surface area contributed by atoms with Gasteiger partial charge in [0.2, 0.25) is 15.9 Å². The minimum Gasteiger partial charge on any atom is -0.323 e. The van der Waals surface area contributed by atoms with E-state index in [1.807, 2.05) is 0 Å². The van der Waals surface area contributed by atoms with Crippen molar-refractivity contribution in [3.63, 3.8) is 0 Å². The molecule has 2 aromatic rings. The summed E-state index contributed by atoms with van der Waals surface area (Å²) in [4.78, 5) is 12.6. The second-order valence-electron chi connectivity index (χ2n) is 6.58. The van der Waals surface area contributed by atoms with Crippen LogP contribution in [0.1, 0.15) is 24.2 Å². The number of carbonyl (C=O) groups is 1. The van der Waals surface area contributed by atoms with E-state index >= 15 is 0 Å². The van der Waals surface area contributed by atoms with Crippen molar-refractivity contribution in [2.45, 2.75) is 31.6 Å². The zero-order valence-electron chi connectivity index (χ0n) is 14.9. The molecule has 0 radical (unpaired) electrons. The van der Waals surface area contributed by atoms with Crippen molar-refractivity contribution in [2.75, 3.05) is 18.4 Å². The molecule has 0 saturated carbocycles. The Hall–Kier alpha value is -2.33. The third-order valence-corrected chi connectivity index (χ3v) is 6.73. The fourth-order valence-electron chi connectivity index (χ4n) is 3.25. The summed E-state index contributed by atoms with van der Waals surface area (Å²) in [5, 5.41) is 8.99. The van der Waals surface area contributed by atoms with Gasteiger partial charge in [-0.15, -0.1) is 0 Å². The van der Waals surface area contributed by atoms with E-state index in [1.165, 1.54) is 4.31 Å². The lowest BCUT2D eigenvalue weighted by molar-refractivity contribution is -0.120. The van der Waals surface area contributed by atoms with Crippen molar-refractivity contribution in [3.05, 3.63) is 41.2 Å². The number of H-pyrrole nitrogens is 1. The van der Waals surface area contributed by atoms with Crippen LogP contribution < -0.4 is 5.32 Å². The van der Waals surface area contributed by atoms with Gasteiger partial charge in [-0.05, 0) is 38.8 Å². The number of hydrogen-bond donors (Lipinski definition) is 2. The maximum absolute atomic E-state index is 13.7. The molecular formula is C17H20F2N4O3S. The first-order valence-corrected chi connectivity index (χ1v) is 9.92. The Bertz CT molecular complexity index is 955. The highest BCUT2D eigenvalue weighted by molar-refractivity contribution is 7.89. The van der Waals surface area contributed by atoms with Crippen LogP contribution in [0, 0.1) is 31.4 Å². The van der Waals surface area contributed by atoms with E-state index in [4.69, 9.17) is 0 Å². The minimum absolute atomic E-state index is 0.0129. The lowest BCUT2D eigenvalue weighted by Gasteiger charge is -2.31. The molecule has 1 unspecified atom stereocenters. The molecule has 7 nitrogen and oxygen atoms in total. The number of anilines is 1. The lowest BCUT2D eigenvalue weighted by atomic mass is 9.98. The van der Waals surface area contributed by atoms with Crippen LogP contribution >= 0.6 is 0 Å². The third kappa shape index (κ3) is 3.86. The van der Waals surface area contributed by atoms with Gasteiger partial charge in [-0.2, -0.15) is 9.40 Å². The van der Waals surface area contributed by atoms with E-state index in [1.54, 1.807) is 13.8 Å². The van der Waals surface area contributed by atoms with E-state index in [-0.39, 0.29) is 17.1 Å². The molecule has 0 spiro atoms. The second-order valence-corrected chi connectivity index (χ2v) is 8.45. The summed E-state index contributed by atoms with van der Waals surface area (Å²) >= 11 is 0. The summed E-state index contributed by atoms with van der Waals surface area (Å²) in [6.45, 7) is 3.50. The number of hydrogen-bond acceptors (Lipinski definition) is 4. The fourth-order valence-corrected chi connectivity index (χ4v) is 5.11. The molecule has 1 aliphatic rings. The maximum atomic E-state index is 13.7. The molecule has 10 heteroatoms. The number of benzene rings is 1. The molecule has 0 aliphatic carbocycles. The second kappa shape index (κ2) is 7.35. The van der Waals surface area contributed by atoms with Crippen LogP contribution in [-0.4, -0.2) is 41.9 Å². The van der Waals surface area contributed by atoms with Crippen molar-refractivity contribution < 1.29 is 22.0 Å². The normalized spacial score (nSPS) is 18.4. The van der Waals surface area contributed by atoms with E-state index in [2.05, 4.69) is 15.5 Å². The zero-order valence-corrected chi connectivity index (χ0v) is 15.7. The van der Waals surface area contributed by atoms with Gasteiger partial charge in [0.25, 0.3) is 0 Å². The smallest absolute Gasteiger partial charge is 0.246 e. The summed E-state index contributed by atoms with van der Waals surface area (Å²) in [6, 6.07) is 2.86. The number of amides is 1. The summed E-state index contributed by atoms with van der Waals surface area (Å²) in [5.74, 6) is -2.76. The van der Waals surface area contributed by atoms with Crippen molar-refractivity contribution in [1.29, 1.82) is 0 Å². The first kappa shape index (κ1) is 19.4. The quantitative estimate of drug-likeness (QED) is 0.826. The van der Waals surface area contributed by atoms with Crippen LogP contribution in [0.5, 0.6) is 0 Å². The van der Waals surface area contributed by atoms with E-state index in [0.717, 1.165) is 12.1 Å². The number of aryl methyl sites for hydroxylation is 2. The molecule has 146 valence electrons. The van der Waals surface area contributed by atoms with Crippen molar-refractivity contribution >= 4 is 21.6 Å². The predicted octanol–water partition coefficient (Wildman–Crippen LogP) is 2.34. The van der Waals surface area contributed by atoms with Gasteiger partial charge < -0.3 is 5.32 Å². The van der Waals surface area contributed by atoms with Crippen LogP contribution in [-0.2, 0) is 14.8 Å². The van der Waals surface area contributed by atoms with Crippen LogP contribution in [0.2, 0.25) is 0 Å². The first-order valence-electron chi connectivity index (χ1n) is 8.47. The molecule has 1 aromatic carbocycles. The van der Waals surface area contributed by atoms with Crippen LogP contribution in [0.15, 0.2) is 23.1 Å². The summed E-state index contributed by atoms with van der Waals surface area (Å²) in [5.41, 5.74) is 0.669. The molecule has 3 rings (SSSR count). The average molecular weight is 398 g/mol. The number of nitrogens with one attached hydrogen (secondary N) is 2. The average Bonchev–Trinajstić information content (AvgIpc) is 2.96. The minimum atomic E-state index is -3.80. The van der Waals surface area contributed by atoms with Crippen molar-refractivity contribution in [3.8, 4) is 0 Å². The van der Waals surface area contributed by atoms with E-state index < -0.39 is 33.5 Å². The number of aromatic nitrogens is 2. The fraction of sp³-hybridized carbons (Fsp3) is 0.412. The van der Waals surface area contributed by atoms with E-state index in [9.17, 15) is 22.0 Å². The molecule has 27 heavy (non-hydrogen) atoms. The molecule has 1 aromatic heterocycles. The predicted molar refractivity (Wildman–Crippen MR) is 94.5 cm³/mol. The Labute approximate surface area is 155 Å². The number of sulfonamides is 1. The highest BCUT2D eigenvalue weighted by atomic mass is 32.2. The van der Waals surface area contributed by atoms with Gasteiger partial charge in [0, 0.05) is 19.2 Å². The molecule has 1 atom stereocenters. The summed E-state index contributed by atoms with van der Waals surface area (Å²) in [6.07, 6.45) is 0.975. The highest BCUT2D eigenvalue weighted by Crippen LogP contribution is 2.27. The van der Waals surface area contributed by atoms with Gasteiger partial charge in [-0.3, -0.25) is 9.89 Å². The number of aromatic amines is 1. The van der Waals surface area contributed by atoms with Crippen molar-refractivity contribution in [2.24, 2.45) is 5.92 Å². The largest absolute Gasteiger partial charge is 0.323 e. The Morgan fingerprint density at radius 1 is 1.33 bits per heavy atom. The molecule has 1 saturated heterocycles. The number of halogens is 2. The maximum Gasteiger partial charge on any atom is 0.246 e. The molecule has 1 amide bonds. The topological polar surface area (TPSA) is 95.2 Å². The Morgan fingerprint density at radius 3 is 2.70 bits per heavy atom. The van der Waals surface area contributed by atoms with Gasteiger partial charge in [-0.25, -0.2) is 17.2 Å². The standard InChI is InChI=1S/C17H20F2N4O3S/c1-10-16(11(2)22-21-10)27(25,26)23-7-3-4-12(9-23)17(24)20-15-6-5-13(18)8-14(15)19/h5-6,8,12H,3-4,7,9H2,1-2H3,(H,20,24)(H,21,22). The van der Waals surface area contributed by atoms with Gasteiger partial charge in [-0.1, -0.05) is 0 Å². The number of piperidine rings is 1. The number of nitrogens with zero attached hydrogens (tertiary/aromatic N) is 2. The molecule has 1 aliphatic heterocycles. The van der Waals surface area contributed by atoms with Gasteiger partial charge >= 0.3 is 0 Å². The lowest BCUT2D eigenvalue weighted by Crippen LogP contribution is -2.44. The SMILES string of the molecule is Cc1n[nH]c(C)c1S(=O)(=O)N1CCCC(C(=O)Nc2ccc(F)cc2F)C1. The van der Waals surface area contributed by atoms with Gasteiger partial charge in [0.05, 0.1) is 23.0 Å². The summed E-state index contributed by atoms with van der Waals surface area (Å²) in [7, 11) is -3.80. The Kier molecular flexibility index (Phi) is 5.29. The van der Waals surface area contributed by atoms with E-state index in [0.29, 0.717) is 36.8 Å². The monoisotopic (exact) mass is 398 g/mol. The number of rotatable bonds is 4. The first-order chi connectivity index (χ1) is 12.7. The molecule has 1 fully saturated rings. The molecule has 0 bridgehead atoms. The molecule has 2 heterocycles. The Morgan fingerprint density at radius 2 is 2.07 bits per heavy atom. The van der Waals surface area contributed by atoms with Crippen LogP contribution in [0.3, 0.4) is 0 Å². The third-order valence-electron chi connectivity index (χ3n) is 4.60. The van der Waals surface area contributed by atoms with Crippen LogP contribution in [0.4, 0.5) is 14.5 Å². The number of carbonyl (C=O) groups excluding carboxylic acids is 1. The molecule has 2 N–H and O–H groups in total. The highest BCUT2D eigenvalue weighted by Gasteiger charge is 2.35. The van der Waals surface area contributed by atoms with Gasteiger partial charge in [0.1, 0.15) is 16.5 Å². The summed E-state index contributed by atoms with van der Waals surface area (Å²) < 4.78 is 53.9.